The predicted octanol–water partition coefficient (Wildman–Crippen LogP) is 0.367. The van der Waals surface area contributed by atoms with E-state index in [1.165, 1.54) is 6.20 Å². The maximum atomic E-state index is 12.1. The van der Waals surface area contributed by atoms with Gasteiger partial charge in [-0.05, 0) is 19.8 Å². The van der Waals surface area contributed by atoms with Crippen LogP contribution in [0.3, 0.4) is 0 Å². The van der Waals surface area contributed by atoms with Crippen LogP contribution in [0.5, 0.6) is 0 Å². The molecule has 1 aliphatic rings. The summed E-state index contributed by atoms with van der Waals surface area (Å²) in [6.07, 6.45) is 2.86. The van der Waals surface area contributed by atoms with Gasteiger partial charge >= 0.3 is 6.09 Å². The lowest BCUT2D eigenvalue weighted by atomic mass is 10.1. The first-order valence-electron chi connectivity index (χ1n) is 8.13. The molecule has 0 saturated carbocycles. The number of fused-ring (bicyclic) bond motifs is 1. The molecule has 0 unspecified atom stereocenters. The summed E-state index contributed by atoms with van der Waals surface area (Å²) in [5.74, 6) is 0.632. The second-order valence-electron chi connectivity index (χ2n) is 5.93. The maximum absolute atomic E-state index is 12.1. The number of hydrogen-bond acceptors (Lipinski definition) is 6. The van der Waals surface area contributed by atoms with Crippen LogP contribution in [-0.2, 0) is 18.3 Å². The molecule has 1 amide bonds. The smallest absolute Gasteiger partial charge is 0.407 e. The Morgan fingerprint density at radius 1 is 1.46 bits per heavy atom. The molecule has 3 rings (SSSR count). The van der Waals surface area contributed by atoms with Gasteiger partial charge in [0, 0.05) is 26.2 Å². The molecule has 3 heterocycles. The molecular formula is C15H22N6O3. The van der Waals surface area contributed by atoms with Gasteiger partial charge in [-0.25, -0.2) is 9.78 Å². The van der Waals surface area contributed by atoms with E-state index in [4.69, 9.17) is 4.74 Å². The number of ether oxygens (including phenoxy) is 1. The number of aryl methyl sites for hydroxylation is 1. The summed E-state index contributed by atoms with van der Waals surface area (Å²) in [6, 6.07) is 0.131. The topological polar surface area (TPSA) is 105 Å². The van der Waals surface area contributed by atoms with Crippen LogP contribution in [-0.4, -0.2) is 56.5 Å². The number of nitrogens with zero attached hydrogens (tertiary/aromatic N) is 4. The molecule has 130 valence electrons. The standard InChI is InChI=1S/C15H22N6O3/c1-3-24-15(23)17-10-4-6-21(7-5-10)9-12-18-13-11(14(22)19-12)8-16-20(13)2/h8,10H,3-7,9H2,1-2H3,(H,17,23)(H,18,19,22). The summed E-state index contributed by atoms with van der Waals surface area (Å²) in [5.41, 5.74) is 0.426. The molecule has 0 atom stereocenters. The molecule has 2 aromatic rings. The molecule has 1 aliphatic heterocycles. The van der Waals surface area contributed by atoms with E-state index < -0.39 is 0 Å². The minimum atomic E-state index is -0.358. The average molecular weight is 334 g/mol. The van der Waals surface area contributed by atoms with Gasteiger partial charge in [0.15, 0.2) is 5.65 Å². The summed E-state index contributed by atoms with van der Waals surface area (Å²) in [4.78, 5) is 33.0. The van der Waals surface area contributed by atoms with E-state index in [9.17, 15) is 9.59 Å². The Morgan fingerprint density at radius 2 is 2.21 bits per heavy atom. The van der Waals surface area contributed by atoms with Crippen molar-refractivity contribution in [2.75, 3.05) is 19.7 Å². The number of amides is 1. The summed E-state index contributed by atoms with van der Waals surface area (Å²) in [6.45, 7) is 4.38. The molecule has 2 N–H and O–H groups in total. The first-order valence-corrected chi connectivity index (χ1v) is 8.13. The van der Waals surface area contributed by atoms with Gasteiger partial charge in [-0.2, -0.15) is 5.10 Å². The number of aromatic nitrogens is 4. The van der Waals surface area contributed by atoms with Crippen molar-refractivity contribution in [2.45, 2.75) is 32.4 Å². The highest BCUT2D eigenvalue weighted by atomic mass is 16.5. The summed E-state index contributed by atoms with van der Waals surface area (Å²) < 4.78 is 6.50. The van der Waals surface area contributed by atoms with Crippen LogP contribution < -0.4 is 10.9 Å². The van der Waals surface area contributed by atoms with Gasteiger partial charge < -0.3 is 15.0 Å². The van der Waals surface area contributed by atoms with Crippen LogP contribution in [0.25, 0.3) is 11.0 Å². The number of aromatic amines is 1. The highest BCUT2D eigenvalue weighted by molar-refractivity contribution is 5.72. The van der Waals surface area contributed by atoms with Gasteiger partial charge in [0.1, 0.15) is 11.2 Å². The molecule has 0 aliphatic carbocycles. The molecule has 1 saturated heterocycles. The number of nitrogens with one attached hydrogen (secondary N) is 2. The number of rotatable bonds is 4. The lowest BCUT2D eigenvalue weighted by Crippen LogP contribution is -2.44. The fourth-order valence-electron chi connectivity index (χ4n) is 2.94. The van der Waals surface area contributed by atoms with Gasteiger partial charge in [-0.15, -0.1) is 0 Å². The number of alkyl carbamates (subject to hydrolysis) is 1. The van der Waals surface area contributed by atoms with Crippen LogP contribution in [0.1, 0.15) is 25.6 Å². The van der Waals surface area contributed by atoms with Crippen molar-refractivity contribution in [3.8, 4) is 0 Å². The fraction of sp³-hybridized carbons (Fsp3) is 0.600. The zero-order valence-corrected chi connectivity index (χ0v) is 13.9. The molecular weight excluding hydrogens is 312 g/mol. The molecule has 0 bridgehead atoms. The minimum absolute atomic E-state index is 0.131. The highest BCUT2D eigenvalue weighted by Gasteiger charge is 2.22. The first-order chi connectivity index (χ1) is 11.6. The number of carbonyl (C=O) groups excluding carboxylic acids is 1. The fourth-order valence-corrected chi connectivity index (χ4v) is 2.94. The largest absolute Gasteiger partial charge is 0.450 e. The van der Waals surface area contributed by atoms with Crippen molar-refractivity contribution in [3.63, 3.8) is 0 Å². The third-order valence-corrected chi connectivity index (χ3v) is 4.21. The van der Waals surface area contributed by atoms with E-state index in [1.807, 2.05) is 0 Å². The monoisotopic (exact) mass is 334 g/mol. The molecule has 9 nitrogen and oxygen atoms in total. The van der Waals surface area contributed by atoms with E-state index in [0.717, 1.165) is 25.9 Å². The minimum Gasteiger partial charge on any atom is -0.450 e. The number of hydrogen-bond donors (Lipinski definition) is 2. The summed E-state index contributed by atoms with van der Waals surface area (Å²) >= 11 is 0. The van der Waals surface area contributed by atoms with Crippen LogP contribution >= 0.6 is 0 Å². The Labute approximate surface area is 139 Å². The van der Waals surface area contributed by atoms with Crippen molar-refractivity contribution in [1.82, 2.24) is 30.0 Å². The zero-order chi connectivity index (χ0) is 17.1. The Hall–Kier alpha value is -2.42. The van der Waals surface area contributed by atoms with Gasteiger partial charge in [-0.1, -0.05) is 0 Å². The molecule has 9 heteroatoms. The zero-order valence-electron chi connectivity index (χ0n) is 13.9. The summed E-state index contributed by atoms with van der Waals surface area (Å²) in [5, 5.41) is 7.43. The Bertz CT molecular complexity index is 775. The van der Waals surface area contributed by atoms with E-state index >= 15 is 0 Å². The van der Waals surface area contributed by atoms with Crippen LogP contribution in [0.4, 0.5) is 4.79 Å². The molecule has 2 aromatic heterocycles. The van der Waals surface area contributed by atoms with E-state index in [0.29, 0.717) is 30.0 Å². The second-order valence-corrected chi connectivity index (χ2v) is 5.93. The van der Waals surface area contributed by atoms with Crippen molar-refractivity contribution in [3.05, 3.63) is 22.4 Å². The third kappa shape index (κ3) is 3.56. The van der Waals surface area contributed by atoms with Gasteiger partial charge in [0.2, 0.25) is 0 Å². The maximum Gasteiger partial charge on any atom is 0.407 e. The predicted molar refractivity (Wildman–Crippen MR) is 87.6 cm³/mol. The highest BCUT2D eigenvalue weighted by Crippen LogP contribution is 2.13. The SMILES string of the molecule is CCOC(=O)NC1CCN(Cc2nc3c(cnn3C)c(=O)[nH]2)CC1. The lowest BCUT2D eigenvalue weighted by molar-refractivity contribution is 0.135. The van der Waals surface area contributed by atoms with Crippen molar-refractivity contribution < 1.29 is 9.53 Å². The van der Waals surface area contributed by atoms with Crippen LogP contribution in [0.15, 0.2) is 11.0 Å². The second kappa shape index (κ2) is 7.00. The quantitative estimate of drug-likeness (QED) is 0.837. The number of piperidine rings is 1. The van der Waals surface area contributed by atoms with E-state index in [-0.39, 0.29) is 17.7 Å². The third-order valence-electron chi connectivity index (χ3n) is 4.21. The van der Waals surface area contributed by atoms with Crippen molar-refractivity contribution in [2.24, 2.45) is 7.05 Å². The number of likely N-dealkylation sites (tertiary alicyclic amines) is 1. The van der Waals surface area contributed by atoms with Gasteiger partial charge in [0.25, 0.3) is 5.56 Å². The molecule has 0 spiro atoms. The van der Waals surface area contributed by atoms with Crippen LogP contribution in [0.2, 0.25) is 0 Å². The van der Waals surface area contributed by atoms with Crippen molar-refractivity contribution in [1.29, 1.82) is 0 Å². The molecule has 24 heavy (non-hydrogen) atoms. The molecule has 1 fully saturated rings. The van der Waals surface area contributed by atoms with Crippen LogP contribution in [0, 0.1) is 0 Å². The lowest BCUT2D eigenvalue weighted by Gasteiger charge is -2.31. The molecule has 0 aromatic carbocycles. The normalized spacial score (nSPS) is 16.4. The number of H-pyrrole nitrogens is 1. The van der Waals surface area contributed by atoms with Gasteiger partial charge in [-0.3, -0.25) is 14.4 Å². The van der Waals surface area contributed by atoms with Crippen molar-refractivity contribution >= 4 is 17.1 Å². The van der Waals surface area contributed by atoms with E-state index in [2.05, 4.69) is 25.3 Å². The first kappa shape index (κ1) is 16.4. The Balaban J connectivity index is 1.59. The van der Waals surface area contributed by atoms with Gasteiger partial charge in [0.05, 0.1) is 19.3 Å². The van der Waals surface area contributed by atoms with E-state index in [1.54, 1.807) is 18.7 Å². The Morgan fingerprint density at radius 3 is 2.92 bits per heavy atom. The number of carbonyl (C=O) groups is 1. The Kier molecular flexibility index (Phi) is 4.79. The molecule has 0 radical (unpaired) electrons. The summed E-state index contributed by atoms with van der Waals surface area (Å²) in [7, 11) is 1.77. The average Bonchev–Trinajstić information content (AvgIpc) is 2.91.